The van der Waals surface area contributed by atoms with Crippen LogP contribution in [0.15, 0.2) is 18.3 Å². The summed E-state index contributed by atoms with van der Waals surface area (Å²) in [6.45, 7) is -0.245. The van der Waals surface area contributed by atoms with Crippen molar-refractivity contribution in [2.24, 2.45) is 0 Å². The van der Waals surface area contributed by atoms with E-state index in [-0.39, 0.29) is 24.3 Å². The molecule has 6 nitrogen and oxygen atoms in total. The Kier molecular flexibility index (Phi) is 4.36. The number of hydrogen-bond acceptors (Lipinski definition) is 5. The van der Waals surface area contributed by atoms with E-state index in [1.54, 1.807) is 0 Å². The SMILES string of the molecule is O=C(O)c1ccc(C(O)C(O)CCO)nc1. The van der Waals surface area contributed by atoms with Gasteiger partial charge in [0, 0.05) is 12.8 Å². The maximum absolute atomic E-state index is 10.5. The predicted molar refractivity (Wildman–Crippen MR) is 53.9 cm³/mol. The van der Waals surface area contributed by atoms with E-state index in [1.807, 2.05) is 0 Å². The zero-order chi connectivity index (χ0) is 12.1. The number of rotatable bonds is 5. The summed E-state index contributed by atoms with van der Waals surface area (Å²) in [6.07, 6.45) is -1.21. The zero-order valence-corrected chi connectivity index (χ0v) is 8.45. The number of carbonyl (C=O) groups is 1. The van der Waals surface area contributed by atoms with Gasteiger partial charge in [0.15, 0.2) is 0 Å². The van der Waals surface area contributed by atoms with Crippen molar-refractivity contribution in [3.8, 4) is 0 Å². The highest BCUT2D eigenvalue weighted by atomic mass is 16.4. The van der Waals surface area contributed by atoms with Crippen LogP contribution in [0.25, 0.3) is 0 Å². The number of aromatic nitrogens is 1. The van der Waals surface area contributed by atoms with Gasteiger partial charge < -0.3 is 20.4 Å². The lowest BCUT2D eigenvalue weighted by molar-refractivity contribution is 0.00190. The van der Waals surface area contributed by atoms with Crippen LogP contribution in [0.4, 0.5) is 0 Å². The summed E-state index contributed by atoms with van der Waals surface area (Å²) in [4.78, 5) is 14.3. The van der Waals surface area contributed by atoms with Gasteiger partial charge in [-0.25, -0.2) is 4.79 Å². The lowest BCUT2D eigenvalue weighted by atomic mass is 10.1. The molecule has 0 saturated heterocycles. The average Bonchev–Trinajstić information content (AvgIpc) is 2.28. The summed E-state index contributed by atoms with van der Waals surface area (Å²) < 4.78 is 0. The topological polar surface area (TPSA) is 111 Å². The number of aromatic carboxylic acids is 1. The molecule has 0 spiro atoms. The lowest BCUT2D eigenvalue weighted by Gasteiger charge is -2.16. The molecule has 0 radical (unpaired) electrons. The molecule has 0 bridgehead atoms. The third-order valence-corrected chi connectivity index (χ3v) is 2.13. The van der Waals surface area contributed by atoms with Gasteiger partial charge in [-0.15, -0.1) is 0 Å². The maximum atomic E-state index is 10.5. The molecule has 1 aromatic rings. The van der Waals surface area contributed by atoms with Gasteiger partial charge in [0.2, 0.25) is 0 Å². The van der Waals surface area contributed by atoms with Crippen molar-refractivity contribution in [2.45, 2.75) is 18.6 Å². The lowest BCUT2D eigenvalue weighted by Crippen LogP contribution is -2.20. The van der Waals surface area contributed by atoms with Gasteiger partial charge in [0.1, 0.15) is 6.10 Å². The monoisotopic (exact) mass is 227 g/mol. The van der Waals surface area contributed by atoms with Gasteiger partial charge in [-0.3, -0.25) is 4.98 Å². The van der Waals surface area contributed by atoms with Crippen molar-refractivity contribution >= 4 is 5.97 Å². The van der Waals surface area contributed by atoms with E-state index in [2.05, 4.69) is 4.98 Å². The number of aliphatic hydroxyl groups is 3. The Balaban J connectivity index is 2.77. The van der Waals surface area contributed by atoms with E-state index in [4.69, 9.17) is 10.2 Å². The molecule has 88 valence electrons. The van der Waals surface area contributed by atoms with Crippen molar-refractivity contribution in [3.63, 3.8) is 0 Å². The second-order valence-electron chi connectivity index (χ2n) is 3.30. The van der Waals surface area contributed by atoms with E-state index >= 15 is 0 Å². The van der Waals surface area contributed by atoms with E-state index < -0.39 is 18.2 Å². The minimum atomic E-state index is -1.23. The smallest absolute Gasteiger partial charge is 0.337 e. The molecule has 6 heteroatoms. The Morgan fingerprint density at radius 2 is 2.06 bits per heavy atom. The molecule has 0 aliphatic rings. The Bertz CT molecular complexity index is 351. The van der Waals surface area contributed by atoms with Crippen LogP contribution in [-0.4, -0.2) is 44.1 Å². The molecule has 0 amide bonds. The fraction of sp³-hybridized carbons (Fsp3) is 0.400. The Morgan fingerprint density at radius 3 is 2.50 bits per heavy atom. The first-order valence-electron chi connectivity index (χ1n) is 4.72. The number of pyridine rings is 1. The number of carboxylic acid groups (broad SMARTS) is 1. The van der Waals surface area contributed by atoms with E-state index in [1.165, 1.54) is 12.1 Å². The number of carboxylic acids is 1. The van der Waals surface area contributed by atoms with Gasteiger partial charge in [-0.1, -0.05) is 0 Å². The Hall–Kier alpha value is -1.50. The van der Waals surface area contributed by atoms with Crippen LogP contribution in [0.1, 0.15) is 28.6 Å². The molecule has 0 fully saturated rings. The van der Waals surface area contributed by atoms with Gasteiger partial charge in [-0.05, 0) is 18.6 Å². The van der Waals surface area contributed by atoms with Crippen LogP contribution < -0.4 is 0 Å². The van der Waals surface area contributed by atoms with Crippen molar-refractivity contribution in [1.82, 2.24) is 4.98 Å². The number of nitrogens with zero attached hydrogens (tertiary/aromatic N) is 1. The summed E-state index contributed by atoms with van der Waals surface area (Å²) >= 11 is 0. The molecule has 0 saturated carbocycles. The fourth-order valence-corrected chi connectivity index (χ4v) is 1.19. The molecule has 4 N–H and O–H groups in total. The van der Waals surface area contributed by atoms with E-state index in [9.17, 15) is 15.0 Å². The third kappa shape index (κ3) is 2.99. The molecule has 0 aliphatic heterocycles. The molecular formula is C10H13NO5. The quantitative estimate of drug-likeness (QED) is 0.542. The van der Waals surface area contributed by atoms with Gasteiger partial charge in [0.25, 0.3) is 0 Å². The second-order valence-corrected chi connectivity index (χ2v) is 3.30. The Labute approximate surface area is 91.8 Å². The normalized spacial score (nSPS) is 14.4. The molecular weight excluding hydrogens is 214 g/mol. The summed E-state index contributed by atoms with van der Waals surface area (Å²) in [6, 6.07) is 2.62. The van der Waals surface area contributed by atoms with Gasteiger partial charge >= 0.3 is 5.97 Å². The van der Waals surface area contributed by atoms with Crippen molar-refractivity contribution in [3.05, 3.63) is 29.6 Å². The van der Waals surface area contributed by atoms with Crippen LogP contribution in [0.2, 0.25) is 0 Å². The first-order valence-corrected chi connectivity index (χ1v) is 4.72. The van der Waals surface area contributed by atoms with Crippen molar-refractivity contribution in [2.75, 3.05) is 6.61 Å². The minimum absolute atomic E-state index is 0.00704. The van der Waals surface area contributed by atoms with Crippen molar-refractivity contribution in [1.29, 1.82) is 0 Å². The second kappa shape index (κ2) is 5.55. The average molecular weight is 227 g/mol. The molecule has 2 atom stereocenters. The van der Waals surface area contributed by atoms with Crippen molar-refractivity contribution < 1.29 is 25.2 Å². The number of hydrogen-bond donors (Lipinski definition) is 4. The first-order chi connectivity index (χ1) is 7.56. The fourth-order valence-electron chi connectivity index (χ4n) is 1.19. The Morgan fingerprint density at radius 1 is 1.38 bits per heavy atom. The van der Waals surface area contributed by atoms with Crippen LogP contribution in [0.3, 0.4) is 0 Å². The molecule has 1 heterocycles. The standard InChI is InChI=1S/C10H13NO5/c12-4-3-8(13)9(14)7-2-1-6(5-11-7)10(15)16/h1-2,5,8-9,12-14H,3-4H2,(H,15,16). The largest absolute Gasteiger partial charge is 0.478 e. The summed E-state index contributed by atoms with van der Waals surface area (Å²) in [5.41, 5.74) is 0.179. The highest BCUT2D eigenvalue weighted by molar-refractivity contribution is 5.87. The van der Waals surface area contributed by atoms with Crippen LogP contribution in [-0.2, 0) is 0 Å². The maximum Gasteiger partial charge on any atom is 0.337 e. The van der Waals surface area contributed by atoms with E-state index in [0.29, 0.717) is 0 Å². The van der Waals surface area contributed by atoms with Crippen LogP contribution in [0.5, 0.6) is 0 Å². The first kappa shape index (κ1) is 12.6. The molecule has 0 aromatic carbocycles. The number of aliphatic hydroxyl groups excluding tert-OH is 3. The van der Waals surface area contributed by atoms with Crippen LogP contribution >= 0.6 is 0 Å². The minimum Gasteiger partial charge on any atom is -0.478 e. The van der Waals surface area contributed by atoms with E-state index in [0.717, 1.165) is 6.20 Å². The molecule has 16 heavy (non-hydrogen) atoms. The van der Waals surface area contributed by atoms with Crippen LogP contribution in [0, 0.1) is 0 Å². The van der Waals surface area contributed by atoms with Gasteiger partial charge in [-0.2, -0.15) is 0 Å². The van der Waals surface area contributed by atoms with Gasteiger partial charge in [0.05, 0.1) is 17.4 Å². The molecule has 2 unspecified atom stereocenters. The summed E-state index contributed by atoms with van der Waals surface area (Å²) in [7, 11) is 0. The summed E-state index contributed by atoms with van der Waals surface area (Å²) in [5, 5.41) is 36.2. The molecule has 0 aliphatic carbocycles. The third-order valence-electron chi connectivity index (χ3n) is 2.13. The highest BCUT2D eigenvalue weighted by Crippen LogP contribution is 2.16. The predicted octanol–water partition coefficient (Wildman–Crippen LogP) is -0.444. The molecule has 1 aromatic heterocycles. The zero-order valence-electron chi connectivity index (χ0n) is 8.45. The highest BCUT2D eigenvalue weighted by Gasteiger charge is 2.19. The molecule has 1 rings (SSSR count). The summed E-state index contributed by atoms with van der Waals surface area (Å²) in [5.74, 6) is -1.11.